The Morgan fingerprint density at radius 3 is 2.85 bits per heavy atom. The van der Waals surface area contributed by atoms with Gasteiger partial charge in [-0.1, -0.05) is 37.1 Å². The van der Waals surface area contributed by atoms with Crippen LogP contribution in [-0.4, -0.2) is 39.0 Å². The van der Waals surface area contributed by atoms with Gasteiger partial charge in [0.05, 0.1) is 12.0 Å². The molecule has 0 atom stereocenters. The Morgan fingerprint density at radius 1 is 1.33 bits per heavy atom. The molecule has 0 aliphatic heterocycles. The van der Waals surface area contributed by atoms with Gasteiger partial charge in [-0.25, -0.2) is 4.79 Å². The van der Waals surface area contributed by atoms with Crippen LogP contribution in [0.15, 0.2) is 40.6 Å². The van der Waals surface area contributed by atoms with Gasteiger partial charge < -0.3 is 9.73 Å². The quantitative estimate of drug-likeness (QED) is 0.557. The third kappa shape index (κ3) is 5.00. The molecule has 27 heavy (non-hydrogen) atoms. The molecular formula is C18H23N5O3S. The second-order valence-corrected chi connectivity index (χ2v) is 7.22. The number of rotatable bonds is 7. The van der Waals surface area contributed by atoms with Crippen molar-refractivity contribution in [3.05, 3.63) is 31.1 Å². The largest absolute Gasteiger partial charge is 0.461 e. The molecule has 9 heteroatoms. The summed E-state index contributed by atoms with van der Waals surface area (Å²) in [4.78, 5) is 23.6. The number of hydrogen-bond acceptors (Lipinski definition) is 6. The highest BCUT2D eigenvalue weighted by molar-refractivity contribution is 7.99. The van der Waals surface area contributed by atoms with Gasteiger partial charge in [0.1, 0.15) is 0 Å². The maximum atomic E-state index is 12.0. The predicted molar refractivity (Wildman–Crippen MR) is 102 cm³/mol. The molecule has 0 spiro atoms. The van der Waals surface area contributed by atoms with E-state index in [2.05, 4.69) is 32.0 Å². The van der Waals surface area contributed by atoms with E-state index in [1.165, 1.54) is 18.2 Å². The maximum Gasteiger partial charge on any atom is 0.321 e. The first kappa shape index (κ1) is 19.2. The Labute approximate surface area is 161 Å². The smallest absolute Gasteiger partial charge is 0.321 e. The molecule has 144 valence electrons. The van der Waals surface area contributed by atoms with E-state index in [0.717, 1.165) is 25.7 Å². The van der Waals surface area contributed by atoms with Gasteiger partial charge in [-0.05, 0) is 25.0 Å². The van der Waals surface area contributed by atoms with E-state index in [-0.39, 0.29) is 17.7 Å². The highest BCUT2D eigenvalue weighted by atomic mass is 32.2. The summed E-state index contributed by atoms with van der Waals surface area (Å²) in [5.41, 5.74) is 0. The zero-order chi connectivity index (χ0) is 19.1. The van der Waals surface area contributed by atoms with Gasteiger partial charge in [0.2, 0.25) is 11.7 Å². The molecule has 1 fully saturated rings. The average Bonchev–Trinajstić information content (AvgIpc) is 3.34. The fraction of sp³-hybridized carbons (Fsp3) is 0.444. The second-order valence-electron chi connectivity index (χ2n) is 6.28. The molecule has 1 aliphatic rings. The Balaban J connectivity index is 1.70. The summed E-state index contributed by atoms with van der Waals surface area (Å²) >= 11 is 1.27. The van der Waals surface area contributed by atoms with E-state index in [4.69, 9.17) is 4.42 Å². The van der Waals surface area contributed by atoms with Gasteiger partial charge >= 0.3 is 6.03 Å². The van der Waals surface area contributed by atoms with Gasteiger partial charge in [-0.15, -0.1) is 16.8 Å². The number of carbonyl (C=O) groups excluding carboxylic acids is 2. The summed E-state index contributed by atoms with van der Waals surface area (Å²) in [7, 11) is 0. The summed E-state index contributed by atoms with van der Waals surface area (Å²) in [5.74, 6) is 1.02. The number of urea groups is 1. The third-order valence-corrected chi connectivity index (χ3v) is 5.28. The zero-order valence-electron chi connectivity index (χ0n) is 15.0. The van der Waals surface area contributed by atoms with Crippen LogP contribution in [0.5, 0.6) is 0 Å². The van der Waals surface area contributed by atoms with Crippen molar-refractivity contribution in [3.63, 3.8) is 0 Å². The van der Waals surface area contributed by atoms with E-state index < -0.39 is 6.03 Å². The van der Waals surface area contributed by atoms with Crippen LogP contribution in [0.1, 0.15) is 38.1 Å². The molecule has 0 radical (unpaired) electrons. The van der Waals surface area contributed by atoms with Crippen LogP contribution in [0.25, 0.3) is 11.6 Å². The molecule has 2 aromatic heterocycles. The van der Waals surface area contributed by atoms with Gasteiger partial charge in [0, 0.05) is 12.6 Å². The van der Waals surface area contributed by atoms with Crippen molar-refractivity contribution in [2.75, 3.05) is 12.3 Å². The molecule has 3 amide bonds. The zero-order valence-corrected chi connectivity index (χ0v) is 15.8. The molecule has 0 unspecified atom stereocenters. The van der Waals surface area contributed by atoms with E-state index in [9.17, 15) is 9.59 Å². The number of amides is 3. The van der Waals surface area contributed by atoms with Crippen molar-refractivity contribution in [1.82, 2.24) is 25.4 Å². The third-order valence-electron chi connectivity index (χ3n) is 4.34. The topological polar surface area (TPSA) is 102 Å². The number of hydrogen-bond donors (Lipinski definition) is 2. The van der Waals surface area contributed by atoms with Crippen molar-refractivity contribution in [1.29, 1.82) is 0 Å². The number of nitrogens with zero attached hydrogens (tertiary/aromatic N) is 3. The molecule has 2 heterocycles. The summed E-state index contributed by atoms with van der Waals surface area (Å²) in [6.45, 7) is 3.81. The highest BCUT2D eigenvalue weighted by Gasteiger charge is 2.25. The van der Waals surface area contributed by atoms with Gasteiger partial charge in [0.15, 0.2) is 10.9 Å². The Kier molecular flexibility index (Phi) is 6.69. The number of carbonyl (C=O) groups is 2. The molecule has 0 aromatic carbocycles. The van der Waals surface area contributed by atoms with Crippen LogP contribution in [0.2, 0.25) is 0 Å². The minimum Gasteiger partial charge on any atom is -0.461 e. The van der Waals surface area contributed by atoms with Crippen LogP contribution in [0, 0.1) is 0 Å². The fourth-order valence-corrected chi connectivity index (χ4v) is 3.93. The van der Waals surface area contributed by atoms with Crippen molar-refractivity contribution < 1.29 is 14.0 Å². The van der Waals surface area contributed by atoms with E-state index in [1.807, 2.05) is 12.1 Å². The van der Waals surface area contributed by atoms with Gasteiger partial charge in [0.25, 0.3) is 0 Å². The number of thioether (sulfide) groups is 1. The minimum atomic E-state index is -0.537. The van der Waals surface area contributed by atoms with Crippen molar-refractivity contribution in [2.45, 2.75) is 43.3 Å². The molecule has 3 rings (SSSR count). The summed E-state index contributed by atoms with van der Waals surface area (Å²) in [6.07, 6.45) is 8.81. The van der Waals surface area contributed by atoms with Crippen molar-refractivity contribution in [2.24, 2.45) is 0 Å². The van der Waals surface area contributed by atoms with Crippen molar-refractivity contribution in [3.8, 4) is 11.6 Å². The van der Waals surface area contributed by atoms with Crippen LogP contribution in [0.3, 0.4) is 0 Å². The summed E-state index contributed by atoms with van der Waals surface area (Å²) in [6, 6.07) is 3.42. The maximum absolute atomic E-state index is 12.0. The first-order valence-electron chi connectivity index (χ1n) is 8.99. The number of aromatic nitrogens is 3. The first-order valence-corrected chi connectivity index (χ1v) is 9.97. The second kappa shape index (κ2) is 9.40. The van der Waals surface area contributed by atoms with Crippen LogP contribution in [0.4, 0.5) is 4.79 Å². The van der Waals surface area contributed by atoms with Crippen LogP contribution in [-0.2, 0) is 4.79 Å². The lowest BCUT2D eigenvalue weighted by Crippen LogP contribution is -2.40. The number of imide groups is 1. The Bertz CT molecular complexity index is 781. The van der Waals surface area contributed by atoms with E-state index in [1.54, 1.807) is 12.3 Å². The minimum absolute atomic E-state index is 0.0739. The van der Waals surface area contributed by atoms with Gasteiger partial charge in [-0.3, -0.25) is 14.7 Å². The van der Waals surface area contributed by atoms with Crippen LogP contribution >= 0.6 is 11.8 Å². The molecule has 2 N–H and O–H groups in total. The van der Waals surface area contributed by atoms with E-state index >= 15 is 0 Å². The van der Waals surface area contributed by atoms with Gasteiger partial charge in [-0.2, -0.15) is 0 Å². The molecule has 2 aromatic rings. The number of nitrogens with one attached hydrogen (secondary N) is 2. The molecule has 0 bridgehead atoms. The summed E-state index contributed by atoms with van der Waals surface area (Å²) in [5, 5.41) is 14.0. The molecule has 1 aliphatic carbocycles. The molecule has 1 saturated carbocycles. The fourth-order valence-electron chi connectivity index (χ4n) is 3.12. The monoisotopic (exact) mass is 389 g/mol. The lowest BCUT2D eigenvalue weighted by molar-refractivity contribution is -0.117. The normalized spacial score (nSPS) is 14.7. The first-order chi connectivity index (χ1) is 13.2. The average molecular weight is 389 g/mol. The van der Waals surface area contributed by atoms with E-state index in [0.29, 0.717) is 23.3 Å². The molecule has 8 nitrogen and oxygen atoms in total. The standard InChI is InChI=1S/C18H23N5O3S/c1-2-10-19-17(25)20-15(24)12-27-18-22-21-16(14-9-6-11-26-14)23(18)13-7-4-3-5-8-13/h2,6,9,11,13H,1,3-5,7-8,10,12H2,(H2,19,20,24,25). The predicted octanol–water partition coefficient (Wildman–Crippen LogP) is 3.15. The number of furan rings is 1. The Morgan fingerprint density at radius 2 is 2.15 bits per heavy atom. The lowest BCUT2D eigenvalue weighted by Gasteiger charge is -2.25. The summed E-state index contributed by atoms with van der Waals surface area (Å²) < 4.78 is 7.58. The lowest BCUT2D eigenvalue weighted by atomic mass is 9.95. The molecular weight excluding hydrogens is 366 g/mol. The van der Waals surface area contributed by atoms with Crippen molar-refractivity contribution >= 4 is 23.7 Å². The Hall–Kier alpha value is -2.55. The molecule has 0 saturated heterocycles. The van der Waals surface area contributed by atoms with Crippen LogP contribution < -0.4 is 10.6 Å². The highest BCUT2D eigenvalue weighted by Crippen LogP contribution is 2.35. The SMILES string of the molecule is C=CCNC(=O)NC(=O)CSc1nnc(-c2ccco2)n1C1CCCCC1.